The van der Waals surface area contributed by atoms with Crippen LogP contribution in [0.2, 0.25) is 0 Å². The van der Waals surface area contributed by atoms with E-state index < -0.39 is 0 Å². The summed E-state index contributed by atoms with van der Waals surface area (Å²) in [4.78, 5) is 2.15. The van der Waals surface area contributed by atoms with E-state index in [1.165, 1.54) is 0 Å². The summed E-state index contributed by atoms with van der Waals surface area (Å²) in [5, 5.41) is 0. The summed E-state index contributed by atoms with van der Waals surface area (Å²) in [6.45, 7) is 2.05. The first-order valence-electron chi connectivity index (χ1n) is 3.74. The van der Waals surface area contributed by atoms with Crippen LogP contribution >= 0.6 is 0 Å². The molecule has 0 amide bonds. The van der Waals surface area contributed by atoms with E-state index in [0.29, 0.717) is 0 Å². The van der Waals surface area contributed by atoms with Crippen LogP contribution in [0.1, 0.15) is 0 Å². The molecule has 0 aliphatic heterocycles. The number of nitrogens with zero attached hydrogens (tertiary/aromatic N) is 2. The third-order valence-electron chi connectivity index (χ3n) is 1.58. The summed E-state index contributed by atoms with van der Waals surface area (Å²) >= 11 is 0. The molecule has 0 bridgehead atoms. The van der Waals surface area contributed by atoms with Crippen molar-refractivity contribution in [3.05, 3.63) is 18.5 Å². The van der Waals surface area contributed by atoms with Crippen LogP contribution in [0.15, 0.2) is 18.5 Å². The van der Waals surface area contributed by atoms with E-state index in [0.717, 1.165) is 18.8 Å². The van der Waals surface area contributed by atoms with Crippen molar-refractivity contribution in [2.24, 2.45) is 0 Å². The number of hydrogen-bond donors (Lipinski definition) is 1. The van der Waals surface area contributed by atoms with Crippen molar-refractivity contribution in [3.8, 4) is 0 Å². The second-order valence-electron chi connectivity index (χ2n) is 2.99. The number of nitrogen functional groups attached to an aromatic ring is 1. The molecule has 0 aromatic carbocycles. The van der Waals surface area contributed by atoms with Gasteiger partial charge < -0.3 is 15.2 Å². The summed E-state index contributed by atoms with van der Waals surface area (Å²) in [5.74, 6) is 0. The largest absolute Gasteiger partial charge is 0.398 e. The predicted molar refractivity (Wildman–Crippen MR) is 47.4 cm³/mol. The molecule has 0 radical (unpaired) electrons. The summed E-state index contributed by atoms with van der Waals surface area (Å²) in [6.07, 6.45) is 3.95. The van der Waals surface area contributed by atoms with Crippen LogP contribution in [0.3, 0.4) is 0 Å². The van der Waals surface area contributed by atoms with E-state index in [4.69, 9.17) is 5.73 Å². The molecular formula is C8H15N3. The Morgan fingerprint density at radius 3 is 2.73 bits per heavy atom. The first-order valence-corrected chi connectivity index (χ1v) is 3.74. The highest BCUT2D eigenvalue weighted by Crippen LogP contribution is 2.01. The van der Waals surface area contributed by atoms with E-state index in [-0.39, 0.29) is 0 Å². The minimum Gasteiger partial charge on any atom is -0.398 e. The van der Waals surface area contributed by atoms with Gasteiger partial charge in [-0.2, -0.15) is 0 Å². The maximum Gasteiger partial charge on any atom is 0.0493 e. The van der Waals surface area contributed by atoms with Crippen molar-refractivity contribution in [2.75, 3.05) is 26.4 Å². The van der Waals surface area contributed by atoms with Gasteiger partial charge in [-0.15, -0.1) is 0 Å². The van der Waals surface area contributed by atoms with E-state index in [1.807, 2.05) is 18.5 Å². The molecule has 0 unspecified atom stereocenters. The minimum atomic E-state index is 0.837. The summed E-state index contributed by atoms with van der Waals surface area (Å²) in [7, 11) is 4.12. The second-order valence-corrected chi connectivity index (χ2v) is 2.99. The topological polar surface area (TPSA) is 34.2 Å². The van der Waals surface area contributed by atoms with Crippen LogP contribution in [0.5, 0.6) is 0 Å². The fourth-order valence-corrected chi connectivity index (χ4v) is 0.914. The Bertz CT molecular complexity index is 215. The third kappa shape index (κ3) is 2.63. The van der Waals surface area contributed by atoms with Gasteiger partial charge in [0, 0.05) is 31.2 Å². The zero-order chi connectivity index (χ0) is 8.27. The molecule has 0 spiro atoms. The molecule has 3 heteroatoms. The van der Waals surface area contributed by atoms with E-state index in [1.54, 1.807) is 0 Å². The van der Waals surface area contributed by atoms with Crippen molar-refractivity contribution in [1.29, 1.82) is 0 Å². The highest BCUT2D eigenvalue weighted by Gasteiger charge is 1.92. The number of nitrogens with two attached hydrogens (primary N) is 1. The SMILES string of the molecule is CN(C)CCn1ccc(N)c1. The van der Waals surface area contributed by atoms with Gasteiger partial charge in [0.15, 0.2) is 0 Å². The van der Waals surface area contributed by atoms with Crippen molar-refractivity contribution >= 4 is 5.69 Å². The van der Waals surface area contributed by atoms with Crippen LogP contribution in [0, 0.1) is 0 Å². The summed E-state index contributed by atoms with van der Waals surface area (Å²) < 4.78 is 2.09. The normalized spacial score (nSPS) is 10.8. The first-order chi connectivity index (χ1) is 5.18. The maximum atomic E-state index is 5.55. The molecule has 2 N–H and O–H groups in total. The number of rotatable bonds is 3. The van der Waals surface area contributed by atoms with Gasteiger partial charge in [0.05, 0.1) is 0 Å². The molecule has 0 saturated carbocycles. The highest BCUT2D eigenvalue weighted by atomic mass is 15.1. The van der Waals surface area contributed by atoms with Crippen LogP contribution in [0.25, 0.3) is 0 Å². The van der Waals surface area contributed by atoms with Crippen molar-refractivity contribution < 1.29 is 0 Å². The smallest absolute Gasteiger partial charge is 0.0493 e. The Morgan fingerprint density at radius 2 is 2.27 bits per heavy atom. The lowest BCUT2D eigenvalue weighted by Gasteiger charge is -2.09. The quantitative estimate of drug-likeness (QED) is 0.691. The Labute approximate surface area is 67.4 Å². The lowest BCUT2D eigenvalue weighted by atomic mass is 10.5. The first kappa shape index (κ1) is 8.14. The van der Waals surface area contributed by atoms with Gasteiger partial charge >= 0.3 is 0 Å². The van der Waals surface area contributed by atoms with Gasteiger partial charge in [0.25, 0.3) is 0 Å². The average Bonchev–Trinajstić information content (AvgIpc) is 2.31. The fraction of sp³-hybridized carbons (Fsp3) is 0.500. The standard InChI is InChI=1S/C8H15N3/c1-10(2)5-6-11-4-3-8(9)7-11/h3-4,7H,5-6,9H2,1-2H3. The van der Waals surface area contributed by atoms with Crippen molar-refractivity contribution in [2.45, 2.75) is 6.54 Å². The molecule has 0 fully saturated rings. The zero-order valence-corrected chi connectivity index (χ0v) is 7.12. The molecule has 3 nitrogen and oxygen atoms in total. The third-order valence-corrected chi connectivity index (χ3v) is 1.58. The van der Waals surface area contributed by atoms with Gasteiger partial charge in [-0.05, 0) is 20.2 Å². The molecule has 0 aliphatic rings. The lowest BCUT2D eigenvalue weighted by molar-refractivity contribution is 0.384. The molecule has 1 aromatic heterocycles. The Balaban J connectivity index is 2.39. The van der Waals surface area contributed by atoms with E-state index in [9.17, 15) is 0 Å². The molecule has 11 heavy (non-hydrogen) atoms. The van der Waals surface area contributed by atoms with Crippen LogP contribution in [-0.2, 0) is 6.54 Å². The van der Waals surface area contributed by atoms with Gasteiger partial charge in [-0.3, -0.25) is 0 Å². The molecule has 1 rings (SSSR count). The molecule has 62 valence electrons. The Hall–Kier alpha value is -0.960. The van der Waals surface area contributed by atoms with Gasteiger partial charge in [0.1, 0.15) is 0 Å². The van der Waals surface area contributed by atoms with Gasteiger partial charge in [0.2, 0.25) is 0 Å². The minimum absolute atomic E-state index is 0.837. The summed E-state index contributed by atoms with van der Waals surface area (Å²) in [6, 6.07) is 1.91. The molecule has 0 saturated heterocycles. The predicted octanol–water partition coefficient (Wildman–Crippen LogP) is 0.632. The van der Waals surface area contributed by atoms with Crippen LogP contribution < -0.4 is 5.73 Å². The molecular weight excluding hydrogens is 138 g/mol. The van der Waals surface area contributed by atoms with Gasteiger partial charge in [-0.25, -0.2) is 0 Å². The monoisotopic (exact) mass is 153 g/mol. The number of hydrogen-bond acceptors (Lipinski definition) is 2. The van der Waals surface area contributed by atoms with Crippen molar-refractivity contribution in [1.82, 2.24) is 9.47 Å². The summed E-state index contributed by atoms with van der Waals surface area (Å²) in [5.41, 5.74) is 6.39. The Morgan fingerprint density at radius 1 is 1.55 bits per heavy atom. The highest BCUT2D eigenvalue weighted by molar-refractivity contribution is 5.34. The molecule has 1 aromatic rings. The van der Waals surface area contributed by atoms with Gasteiger partial charge in [-0.1, -0.05) is 0 Å². The number of anilines is 1. The van der Waals surface area contributed by atoms with E-state index in [2.05, 4.69) is 23.6 Å². The number of likely N-dealkylation sites (N-methyl/N-ethyl adjacent to an activating group) is 1. The Kier molecular flexibility index (Phi) is 2.54. The zero-order valence-electron chi connectivity index (χ0n) is 7.12. The molecule has 1 heterocycles. The second kappa shape index (κ2) is 3.44. The lowest BCUT2D eigenvalue weighted by Crippen LogP contribution is -2.17. The number of aromatic nitrogens is 1. The average molecular weight is 153 g/mol. The van der Waals surface area contributed by atoms with Crippen LogP contribution in [0.4, 0.5) is 5.69 Å². The molecule has 0 aliphatic carbocycles. The van der Waals surface area contributed by atoms with Crippen LogP contribution in [-0.4, -0.2) is 30.1 Å². The maximum absolute atomic E-state index is 5.55. The molecule has 0 atom stereocenters. The van der Waals surface area contributed by atoms with Crippen molar-refractivity contribution in [3.63, 3.8) is 0 Å². The van der Waals surface area contributed by atoms with E-state index >= 15 is 0 Å². The fourth-order valence-electron chi connectivity index (χ4n) is 0.914.